The Labute approximate surface area is 167 Å². The number of methoxy groups -OCH3 is 2. The van der Waals surface area contributed by atoms with Crippen LogP contribution in [0.15, 0.2) is 36.4 Å². The summed E-state index contributed by atoms with van der Waals surface area (Å²) in [5.74, 6) is -1.22. The van der Waals surface area contributed by atoms with Crippen LogP contribution in [0.5, 0.6) is 23.0 Å². The Hall–Kier alpha value is -2.73. The first-order valence-corrected chi connectivity index (χ1v) is 8.43. The molecule has 146 valence electrons. The van der Waals surface area contributed by atoms with Gasteiger partial charge in [0.25, 0.3) is 0 Å². The molecule has 1 unspecified atom stereocenters. The smallest absolute Gasteiger partial charge is 0.160 e. The Morgan fingerprint density at radius 3 is 2.11 bits per heavy atom. The van der Waals surface area contributed by atoms with Crippen LogP contribution in [-0.2, 0) is 17.6 Å². The quantitative estimate of drug-likeness (QED) is 0.586. The molecule has 1 atom stereocenters. The van der Waals surface area contributed by atoms with Gasteiger partial charge in [0.2, 0.25) is 0 Å². The SMILES string of the molecule is [2H]C([2H])([2H])Oc1cc(CCC(=O)CC(O)CCc2ccc(O)c(OC([2H])([2H])[2H])c2)ccc1O. The third-order valence-electron chi connectivity index (χ3n) is 4.19. The molecule has 27 heavy (non-hydrogen) atoms. The van der Waals surface area contributed by atoms with Crippen molar-refractivity contribution in [3.63, 3.8) is 0 Å². The third kappa shape index (κ3) is 6.18. The van der Waals surface area contributed by atoms with Crippen molar-refractivity contribution in [3.8, 4) is 23.0 Å². The molecule has 0 amide bonds. The van der Waals surface area contributed by atoms with Crippen LogP contribution in [0.2, 0.25) is 0 Å². The molecule has 0 saturated heterocycles. The minimum absolute atomic E-state index is 0.0899. The second-order valence-corrected chi connectivity index (χ2v) is 6.24. The molecular weight excluding hydrogens is 348 g/mol. The number of aliphatic hydroxyl groups excluding tert-OH is 1. The summed E-state index contributed by atoms with van der Waals surface area (Å²) < 4.78 is 52.2. The second-order valence-electron chi connectivity index (χ2n) is 6.24. The molecule has 6 heteroatoms. The van der Waals surface area contributed by atoms with Crippen LogP contribution in [-0.4, -0.2) is 41.3 Å². The van der Waals surface area contributed by atoms with Crippen LogP contribution < -0.4 is 9.47 Å². The van der Waals surface area contributed by atoms with E-state index in [2.05, 4.69) is 0 Å². The van der Waals surface area contributed by atoms with Crippen molar-refractivity contribution in [2.24, 2.45) is 0 Å². The number of aromatic hydroxyl groups is 2. The van der Waals surface area contributed by atoms with E-state index in [1.807, 2.05) is 0 Å². The van der Waals surface area contributed by atoms with Crippen LogP contribution in [0.1, 0.15) is 38.6 Å². The lowest BCUT2D eigenvalue weighted by molar-refractivity contribution is -0.120. The Bertz CT molecular complexity index is 957. The molecule has 0 radical (unpaired) electrons. The summed E-state index contributed by atoms with van der Waals surface area (Å²) >= 11 is 0. The van der Waals surface area contributed by atoms with E-state index >= 15 is 0 Å². The number of aliphatic hydroxyl groups is 1. The number of phenolic OH excluding ortho intramolecular Hbond substituents is 2. The number of ether oxygens (including phenoxy) is 2. The van der Waals surface area contributed by atoms with Crippen LogP contribution >= 0.6 is 0 Å². The number of ketones is 1. The lowest BCUT2D eigenvalue weighted by atomic mass is 10.00. The highest BCUT2D eigenvalue weighted by Crippen LogP contribution is 2.28. The molecule has 0 spiro atoms. The van der Waals surface area contributed by atoms with Crippen molar-refractivity contribution in [1.29, 1.82) is 0 Å². The van der Waals surface area contributed by atoms with Crippen molar-refractivity contribution in [1.82, 2.24) is 0 Å². The van der Waals surface area contributed by atoms with E-state index in [0.29, 0.717) is 17.5 Å². The summed E-state index contributed by atoms with van der Waals surface area (Å²) in [5, 5.41) is 29.6. The van der Waals surface area contributed by atoms with E-state index in [9.17, 15) is 20.1 Å². The minimum atomic E-state index is -2.72. The van der Waals surface area contributed by atoms with Crippen LogP contribution in [0.25, 0.3) is 0 Å². The molecule has 2 rings (SSSR count). The van der Waals surface area contributed by atoms with Crippen molar-refractivity contribution < 1.29 is 37.8 Å². The summed E-state index contributed by atoms with van der Waals surface area (Å²) in [5.41, 5.74) is 1.23. The first-order valence-electron chi connectivity index (χ1n) is 11.4. The van der Waals surface area contributed by atoms with E-state index in [1.54, 1.807) is 12.1 Å². The Morgan fingerprint density at radius 1 is 1.00 bits per heavy atom. The third-order valence-corrected chi connectivity index (χ3v) is 4.19. The Morgan fingerprint density at radius 2 is 1.56 bits per heavy atom. The molecule has 6 nitrogen and oxygen atoms in total. The summed E-state index contributed by atoms with van der Waals surface area (Å²) in [6.45, 7) is 0. The number of rotatable bonds is 10. The molecular formula is C21H26O6. The van der Waals surface area contributed by atoms with Crippen LogP contribution in [0.3, 0.4) is 0 Å². The minimum Gasteiger partial charge on any atom is -0.504 e. The monoisotopic (exact) mass is 380 g/mol. The summed E-state index contributed by atoms with van der Waals surface area (Å²) in [6, 6.07) is 8.44. The number of phenols is 2. The molecule has 0 aliphatic rings. The van der Waals surface area contributed by atoms with Crippen LogP contribution in [0.4, 0.5) is 0 Å². The van der Waals surface area contributed by atoms with Crippen molar-refractivity contribution >= 4 is 5.78 Å². The molecule has 0 bridgehead atoms. The van der Waals surface area contributed by atoms with Crippen molar-refractivity contribution in [2.45, 2.75) is 38.2 Å². The highest BCUT2D eigenvalue weighted by molar-refractivity contribution is 5.79. The maximum Gasteiger partial charge on any atom is 0.160 e. The fourth-order valence-electron chi connectivity index (χ4n) is 2.68. The Kier molecular flexibility index (Phi) is 4.89. The highest BCUT2D eigenvalue weighted by atomic mass is 16.5. The van der Waals surface area contributed by atoms with Gasteiger partial charge in [-0.05, 0) is 54.7 Å². The standard InChI is InChI=1S/C21H26O6/c1-26-20-11-14(5-9-18(20)24)3-7-16(22)13-17(23)8-4-15-6-10-19(25)21(12-15)27-2/h5-6,9-12,16,22,24-25H,3-4,7-8,13H2,1-2H3/i1D3,2D3. The summed E-state index contributed by atoms with van der Waals surface area (Å²) in [4.78, 5) is 12.2. The molecule has 2 aromatic carbocycles. The largest absolute Gasteiger partial charge is 0.504 e. The predicted octanol–water partition coefficient (Wildman–Crippen LogP) is 3.00. The maximum atomic E-state index is 12.2. The molecule has 3 N–H and O–H groups in total. The van der Waals surface area contributed by atoms with Gasteiger partial charge in [-0.1, -0.05) is 12.1 Å². The van der Waals surface area contributed by atoms with Gasteiger partial charge in [-0.25, -0.2) is 0 Å². The molecule has 0 aliphatic heterocycles. The van der Waals surface area contributed by atoms with Gasteiger partial charge < -0.3 is 24.8 Å². The number of benzene rings is 2. The van der Waals surface area contributed by atoms with Crippen LogP contribution in [0, 0.1) is 0 Å². The fraction of sp³-hybridized carbons (Fsp3) is 0.381. The zero-order chi connectivity index (χ0) is 24.8. The first kappa shape index (κ1) is 13.4. The van der Waals surface area contributed by atoms with Gasteiger partial charge in [0, 0.05) is 12.8 Å². The topological polar surface area (TPSA) is 96.2 Å². The predicted molar refractivity (Wildman–Crippen MR) is 102 cm³/mol. The van der Waals surface area contributed by atoms with E-state index < -0.39 is 20.2 Å². The van der Waals surface area contributed by atoms with Crippen molar-refractivity contribution in [3.05, 3.63) is 47.5 Å². The average molecular weight is 380 g/mol. The fourth-order valence-corrected chi connectivity index (χ4v) is 2.68. The van der Waals surface area contributed by atoms with Gasteiger partial charge in [0.15, 0.2) is 23.0 Å². The van der Waals surface area contributed by atoms with Gasteiger partial charge in [0.1, 0.15) is 5.78 Å². The van der Waals surface area contributed by atoms with Gasteiger partial charge in [-0.15, -0.1) is 0 Å². The second kappa shape index (κ2) is 9.83. The summed E-state index contributed by atoms with van der Waals surface area (Å²) in [7, 11) is -5.42. The molecule has 0 aromatic heterocycles. The lowest BCUT2D eigenvalue weighted by Crippen LogP contribution is -2.15. The van der Waals surface area contributed by atoms with Gasteiger partial charge in [-0.3, -0.25) is 4.79 Å². The first-order chi connectivity index (χ1) is 15.2. The number of aryl methyl sites for hydroxylation is 2. The van der Waals surface area contributed by atoms with Gasteiger partial charge in [0.05, 0.1) is 28.4 Å². The Balaban J connectivity index is 1.85. The highest BCUT2D eigenvalue weighted by Gasteiger charge is 2.13. The molecule has 2 aromatic rings. The zero-order valence-corrected chi connectivity index (χ0v) is 14.6. The molecule has 0 fully saturated rings. The summed E-state index contributed by atoms with van der Waals surface area (Å²) in [6.07, 6.45) is -0.0678. The number of hydrogen-bond acceptors (Lipinski definition) is 6. The molecule has 0 saturated carbocycles. The molecule has 0 heterocycles. The van der Waals surface area contributed by atoms with E-state index in [4.69, 9.17) is 17.7 Å². The number of carbonyl (C=O) groups is 1. The van der Waals surface area contributed by atoms with Gasteiger partial charge >= 0.3 is 0 Å². The number of Topliss-reactive ketones (excluding diaryl/α,β-unsaturated/α-hetero) is 1. The van der Waals surface area contributed by atoms with E-state index in [0.717, 1.165) is 0 Å². The average Bonchev–Trinajstić information content (AvgIpc) is 2.67. The van der Waals surface area contributed by atoms with E-state index in [1.165, 1.54) is 24.3 Å². The molecule has 0 aliphatic carbocycles. The lowest BCUT2D eigenvalue weighted by Gasteiger charge is -2.11. The van der Waals surface area contributed by atoms with Crippen molar-refractivity contribution in [2.75, 3.05) is 14.1 Å². The normalized spacial score (nSPS) is 16.0. The maximum absolute atomic E-state index is 12.2. The zero-order valence-electron chi connectivity index (χ0n) is 20.6. The number of carbonyl (C=O) groups excluding carboxylic acids is 1. The van der Waals surface area contributed by atoms with E-state index in [-0.39, 0.29) is 54.5 Å². The van der Waals surface area contributed by atoms with Gasteiger partial charge in [-0.2, -0.15) is 0 Å². The number of hydrogen-bond donors (Lipinski definition) is 3.